The number of aromatic nitrogens is 1. The lowest BCUT2D eigenvalue weighted by atomic mass is 9.87. The van der Waals surface area contributed by atoms with Crippen LogP contribution in [0.15, 0.2) is 41.8 Å². The molecule has 1 aliphatic rings. The Bertz CT molecular complexity index is 1120. The third-order valence-corrected chi connectivity index (χ3v) is 7.53. The van der Waals surface area contributed by atoms with Crippen LogP contribution in [0.1, 0.15) is 50.0 Å². The molecule has 0 aliphatic heterocycles. The van der Waals surface area contributed by atoms with Crippen molar-refractivity contribution in [3.63, 3.8) is 0 Å². The molecule has 1 N–H and O–H groups in total. The van der Waals surface area contributed by atoms with Crippen LogP contribution in [0, 0.1) is 5.92 Å². The van der Waals surface area contributed by atoms with Crippen LogP contribution in [0.5, 0.6) is 0 Å². The highest BCUT2D eigenvalue weighted by atomic mass is 32.1. The first-order chi connectivity index (χ1) is 15.9. The quantitative estimate of drug-likeness (QED) is 0.525. The molecule has 3 aromatic rings. The van der Waals surface area contributed by atoms with Gasteiger partial charge in [-0.15, -0.1) is 11.3 Å². The Kier molecular flexibility index (Phi) is 7.08. The molecule has 1 fully saturated rings. The monoisotopic (exact) mass is 466 g/mol. The summed E-state index contributed by atoms with van der Waals surface area (Å²) in [5.74, 6) is 0.622. The molecule has 0 spiro atoms. The Labute approximate surface area is 200 Å². The van der Waals surface area contributed by atoms with Crippen LogP contribution in [0.3, 0.4) is 0 Å². The molecule has 7 heteroatoms. The summed E-state index contributed by atoms with van der Waals surface area (Å²) in [6.45, 7) is 4.95. The van der Waals surface area contributed by atoms with Crippen molar-refractivity contribution in [3.05, 3.63) is 47.5 Å². The smallest absolute Gasteiger partial charge is 0.268 e. The fourth-order valence-electron chi connectivity index (χ4n) is 4.66. The van der Waals surface area contributed by atoms with Gasteiger partial charge < -0.3 is 19.7 Å². The number of hydrogen-bond donors (Lipinski definition) is 1. The van der Waals surface area contributed by atoms with Crippen molar-refractivity contribution in [3.8, 4) is 0 Å². The van der Waals surface area contributed by atoms with Crippen molar-refractivity contribution in [2.45, 2.75) is 52.1 Å². The van der Waals surface area contributed by atoms with E-state index in [0.29, 0.717) is 12.2 Å². The molecule has 2 amide bonds. The van der Waals surface area contributed by atoms with Gasteiger partial charge in [-0.05, 0) is 74.2 Å². The number of nitrogens with zero attached hydrogens (tertiary/aromatic N) is 3. The van der Waals surface area contributed by atoms with Gasteiger partial charge in [0.05, 0.1) is 10.2 Å². The molecule has 4 rings (SSSR count). The number of fused-ring (bicyclic) bond motifs is 1. The van der Waals surface area contributed by atoms with Crippen molar-refractivity contribution in [1.29, 1.82) is 0 Å². The van der Waals surface area contributed by atoms with E-state index in [1.807, 2.05) is 72.3 Å². The highest BCUT2D eigenvalue weighted by molar-refractivity contribution is 7.17. The van der Waals surface area contributed by atoms with Gasteiger partial charge in [0.1, 0.15) is 12.2 Å². The third kappa shape index (κ3) is 5.08. The summed E-state index contributed by atoms with van der Waals surface area (Å²) in [4.78, 5) is 30.5. The summed E-state index contributed by atoms with van der Waals surface area (Å²) in [5, 5.41) is 5.24. The summed E-state index contributed by atoms with van der Waals surface area (Å²) >= 11 is 1.60. The van der Waals surface area contributed by atoms with Crippen LogP contribution in [-0.2, 0) is 11.3 Å². The number of thiophene rings is 1. The van der Waals surface area contributed by atoms with E-state index in [-0.39, 0.29) is 24.4 Å². The predicted molar refractivity (Wildman–Crippen MR) is 137 cm³/mol. The average Bonchev–Trinajstić information content (AvgIpc) is 3.39. The van der Waals surface area contributed by atoms with Crippen LogP contribution >= 0.6 is 11.3 Å². The average molecular weight is 467 g/mol. The van der Waals surface area contributed by atoms with E-state index in [9.17, 15) is 9.59 Å². The molecule has 1 saturated carbocycles. The van der Waals surface area contributed by atoms with Crippen molar-refractivity contribution < 1.29 is 9.59 Å². The summed E-state index contributed by atoms with van der Waals surface area (Å²) in [6, 6.07) is 12.1. The highest BCUT2D eigenvalue weighted by Gasteiger charge is 2.25. The van der Waals surface area contributed by atoms with Gasteiger partial charge >= 0.3 is 0 Å². The molecule has 2 heterocycles. The maximum Gasteiger partial charge on any atom is 0.268 e. The largest absolute Gasteiger partial charge is 0.378 e. The predicted octanol–water partition coefficient (Wildman–Crippen LogP) is 5.13. The fourth-order valence-corrected chi connectivity index (χ4v) is 5.48. The van der Waals surface area contributed by atoms with Crippen molar-refractivity contribution in [2.75, 3.05) is 30.4 Å². The molecule has 0 unspecified atom stereocenters. The van der Waals surface area contributed by atoms with Gasteiger partial charge in [0, 0.05) is 38.1 Å². The Morgan fingerprint density at radius 2 is 1.82 bits per heavy atom. The molecule has 0 saturated heterocycles. The maximum atomic E-state index is 13.5. The number of rotatable bonds is 7. The minimum Gasteiger partial charge on any atom is -0.378 e. The summed E-state index contributed by atoms with van der Waals surface area (Å²) in [7, 11) is 3.98. The molecule has 0 bridgehead atoms. The first-order valence-corrected chi connectivity index (χ1v) is 12.7. The number of amides is 2. The van der Waals surface area contributed by atoms with Gasteiger partial charge in [0.15, 0.2) is 0 Å². The first-order valence-electron chi connectivity index (χ1n) is 11.8. The van der Waals surface area contributed by atoms with Crippen molar-refractivity contribution in [2.24, 2.45) is 5.92 Å². The molecule has 176 valence electrons. The Morgan fingerprint density at radius 1 is 1.09 bits per heavy atom. The van der Waals surface area contributed by atoms with E-state index < -0.39 is 0 Å². The van der Waals surface area contributed by atoms with E-state index in [1.165, 1.54) is 0 Å². The zero-order chi connectivity index (χ0) is 23.5. The second kappa shape index (κ2) is 10.00. The molecular weight excluding hydrogens is 432 g/mol. The Morgan fingerprint density at radius 3 is 2.52 bits per heavy atom. The molecular formula is C26H34N4O2S. The summed E-state index contributed by atoms with van der Waals surface area (Å²) < 4.78 is 2.91. The Balaban J connectivity index is 1.57. The number of anilines is 2. The van der Waals surface area contributed by atoms with Gasteiger partial charge in [-0.25, -0.2) is 0 Å². The molecule has 1 aromatic carbocycles. The molecule has 33 heavy (non-hydrogen) atoms. The van der Waals surface area contributed by atoms with Gasteiger partial charge in [-0.1, -0.05) is 13.0 Å². The Hall–Kier alpha value is -2.80. The van der Waals surface area contributed by atoms with Crippen molar-refractivity contribution >= 4 is 44.7 Å². The number of likely N-dealkylation sites (N-methyl/N-ethyl adjacent to an activating group) is 1. The first kappa shape index (κ1) is 23.4. The number of nitrogens with one attached hydrogen (secondary N) is 1. The lowest BCUT2D eigenvalue weighted by Crippen LogP contribution is -2.39. The molecule has 6 nitrogen and oxygen atoms in total. The zero-order valence-corrected chi connectivity index (χ0v) is 20.8. The molecule has 0 atom stereocenters. The van der Waals surface area contributed by atoms with E-state index in [1.54, 1.807) is 16.2 Å². The van der Waals surface area contributed by atoms with Gasteiger partial charge in [-0.2, -0.15) is 0 Å². The highest BCUT2D eigenvalue weighted by Crippen LogP contribution is 2.28. The SMILES string of the molecule is CCN(C(=O)Cn1c(C(=O)N[C@H]2CC[C@H](C)CC2)cc2sccc21)c1cccc(N(C)C)c1. The topological polar surface area (TPSA) is 57.6 Å². The summed E-state index contributed by atoms with van der Waals surface area (Å²) in [6.07, 6.45) is 4.34. The van der Waals surface area contributed by atoms with Crippen LogP contribution in [0.4, 0.5) is 11.4 Å². The van der Waals surface area contributed by atoms with E-state index in [4.69, 9.17) is 0 Å². The van der Waals surface area contributed by atoms with E-state index in [0.717, 1.165) is 53.2 Å². The summed E-state index contributed by atoms with van der Waals surface area (Å²) in [5.41, 5.74) is 3.42. The number of benzene rings is 1. The van der Waals surface area contributed by atoms with Crippen LogP contribution in [0.2, 0.25) is 0 Å². The molecule has 0 radical (unpaired) electrons. The number of carbonyl (C=O) groups is 2. The molecule has 1 aliphatic carbocycles. The lowest BCUT2D eigenvalue weighted by Gasteiger charge is -2.27. The second-order valence-electron chi connectivity index (χ2n) is 9.27. The second-order valence-corrected chi connectivity index (χ2v) is 10.2. The standard InChI is InChI=1S/C26H34N4O2S/c1-5-29(21-8-6-7-20(15-21)28(3)4)25(31)17-30-22-13-14-33-24(22)16-23(30)26(32)27-19-11-9-18(2)10-12-19/h6-8,13-16,18-19H,5,9-12,17H2,1-4H3,(H,27,32)/t18-,19-. The maximum absolute atomic E-state index is 13.5. The molecule has 2 aromatic heterocycles. The minimum absolute atomic E-state index is 0.0300. The van der Waals surface area contributed by atoms with Crippen LogP contribution < -0.4 is 15.1 Å². The van der Waals surface area contributed by atoms with Crippen LogP contribution in [0.25, 0.3) is 10.2 Å². The van der Waals surface area contributed by atoms with Crippen molar-refractivity contribution in [1.82, 2.24) is 9.88 Å². The number of carbonyl (C=O) groups excluding carboxylic acids is 2. The van der Waals surface area contributed by atoms with E-state index >= 15 is 0 Å². The van der Waals surface area contributed by atoms with Crippen LogP contribution in [-0.4, -0.2) is 43.1 Å². The minimum atomic E-state index is -0.0802. The van der Waals surface area contributed by atoms with Gasteiger partial charge in [0.2, 0.25) is 5.91 Å². The fraction of sp³-hybridized carbons (Fsp3) is 0.462. The van der Waals surface area contributed by atoms with Gasteiger partial charge in [0.25, 0.3) is 5.91 Å². The van der Waals surface area contributed by atoms with Gasteiger partial charge in [-0.3, -0.25) is 9.59 Å². The number of hydrogen-bond acceptors (Lipinski definition) is 4. The third-order valence-electron chi connectivity index (χ3n) is 6.67. The lowest BCUT2D eigenvalue weighted by molar-refractivity contribution is -0.119. The normalized spacial score (nSPS) is 18.3. The zero-order valence-electron chi connectivity index (χ0n) is 20.0. The van der Waals surface area contributed by atoms with E-state index in [2.05, 4.69) is 12.2 Å².